The maximum absolute atomic E-state index is 12.4. The van der Waals surface area contributed by atoms with Crippen LogP contribution < -0.4 is 16.4 Å². The first-order chi connectivity index (χ1) is 12.8. The van der Waals surface area contributed by atoms with Crippen molar-refractivity contribution in [3.05, 3.63) is 55.7 Å². The van der Waals surface area contributed by atoms with Crippen molar-refractivity contribution >= 4 is 45.1 Å². The third kappa shape index (κ3) is 5.62. The standard InChI is InChI=1S/C18H20BrN3O4S/c1-10-4-3-5-11(6-10)9-21-16(23)14-7-12(19)15(27-14)17(24)22-13(8-20)18(25)26-2/h3-7,13H,8-9,20H2,1-2H3,(H,21,23)(H,22,24)/t13-/m0/s1. The molecule has 1 aromatic carbocycles. The minimum Gasteiger partial charge on any atom is -0.467 e. The average Bonchev–Trinajstić information content (AvgIpc) is 3.05. The molecule has 0 saturated heterocycles. The summed E-state index contributed by atoms with van der Waals surface area (Å²) in [6.45, 7) is 2.27. The number of nitrogens with one attached hydrogen (secondary N) is 2. The Morgan fingerprint density at radius 3 is 2.63 bits per heavy atom. The van der Waals surface area contributed by atoms with Gasteiger partial charge in [-0.1, -0.05) is 29.8 Å². The van der Waals surface area contributed by atoms with Crippen molar-refractivity contribution in [1.29, 1.82) is 0 Å². The molecule has 1 heterocycles. The molecule has 9 heteroatoms. The lowest BCUT2D eigenvalue weighted by Crippen LogP contribution is -2.46. The fraction of sp³-hybridized carbons (Fsp3) is 0.278. The molecule has 0 aliphatic carbocycles. The third-order valence-corrected chi connectivity index (χ3v) is 5.70. The first-order valence-electron chi connectivity index (χ1n) is 8.07. The number of aryl methyl sites for hydroxylation is 1. The third-order valence-electron chi connectivity index (χ3n) is 3.68. The van der Waals surface area contributed by atoms with Crippen molar-refractivity contribution in [2.45, 2.75) is 19.5 Å². The van der Waals surface area contributed by atoms with Crippen molar-refractivity contribution < 1.29 is 19.1 Å². The number of thiophene rings is 1. The fourth-order valence-electron chi connectivity index (χ4n) is 2.31. The highest BCUT2D eigenvalue weighted by atomic mass is 79.9. The SMILES string of the molecule is COC(=O)[C@H](CN)NC(=O)c1sc(C(=O)NCc2cccc(C)c2)cc1Br. The van der Waals surface area contributed by atoms with Crippen LogP contribution in [-0.2, 0) is 16.1 Å². The summed E-state index contributed by atoms with van der Waals surface area (Å²) in [5, 5.41) is 5.33. The maximum Gasteiger partial charge on any atom is 0.329 e. The lowest BCUT2D eigenvalue weighted by molar-refractivity contribution is -0.142. The Morgan fingerprint density at radius 1 is 1.26 bits per heavy atom. The molecule has 0 bridgehead atoms. The molecule has 1 atom stereocenters. The molecular weight excluding hydrogens is 434 g/mol. The van der Waals surface area contributed by atoms with E-state index in [1.807, 2.05) is 31.2 Å². The second-order valence-corrected chi connectivity index (χ2v) is 7.65. The molecule has 0 saturated carbocycles. The molecule has 144 valence electrons. The van der Waals surface area contributed by atoms with Gasteiger partial charge in [0.05, 0.1) is 12.0 Å². The maximum atomic E-state index is 12.4. The predicted molar refractivity (Wildman–Crippen MR) is 107 cm³/mol. The van der Waals surface area contributed by atoms with Gasteiger partial charge in [0, 0.05) is 17.6 Å². The van der Waals surface area contributed by atoms with Crippen LogP contribution in [0.3, 0.4) is 0 Å². The first-order valence-corrected chi connectivity index (χ1v) is 9.68. The van der Waals surface area contributed by atoms with Crippen molar-refractivity contribution in [3.63, 3.8) is 0 Å². The Hall–Kier alpha value is -2.23. The van der Waals surface area contributed by atoms with E-state index in [1.165, 1.54) is 7.11 Å². The molecule has 0 aliphatic heterocycles. The Morgan fingerprint density at radius 2 is 2.00 bits per heavy atom. The smallest absolute Gasteiger partial charge is 0.329 e. The monoisotopic (exact) mass is 453 g/mol. The largest absolute Gasteiger partial charge is 0.467 e. The number of rotatable bonds is 7. The van der Waals surface area contributed by atoms with Gasteiger partial charge in [0.2, 0.25) is 0 Å². The molecule has 4 N–H and O–H groups in total. The highest BCUT2D eigenvalue weighted by molar-refractivity contribution is 9.10. The number of hydrogen-bond donors (Lipinski definition) is 3. The van der Waals surface area contributed by atoms with Crippen molar-refractivity contribution in [3.8, 4) is 0 Å². The zero-order valence-electron chi connectivity index (χ0n) is 14.9. The quantitative estimate of drug-likeness (QED) is 0.555. The lowest BCUT2D eigenvalue weighted by Gasteiger charge is -2.13. The van der Waals surface area contributed by atoms with Crippen LogP contribution in [0, 0.1) is 6.92 Å². The molecular formula is C18H20BrN3O4S. The molecule has 1 aromatic heterocycles. The summed E-state index contributed by atoms with van der Waals surface area (Å²) in [5.41, 5.74) is 7.58. The predicted octanol–water partition coefficient (Wildman–Crippen LogP) is 1.98. The highest BCUT2D eigenvalue weighted by Crippen LogP contribution is 2.27. The summed E-state index contributed by atoms with van der Waals surface area (Å²) in [5.74, 6) is -1.43. The van der Waals surface area contributed by atoms with Crippen LogP contribution in [0.4, 0.5) is 0 Å². The van der Waals surface area contributed by atoms with E-state index in [1.54, 1.807) is 6.07 Å². The van der Waals surface area contributed by atoms with E-state index in [0.29, 0.717) is 15.9 Å². The van der Waals surface area contributed by atoms with Crippen LogP contribution in [0.2, 0.25) is 0 Å². The molecule has 0 fully saturated rings. The minimum atomic E-state index is -0.949. The average molecular weight is 454 g/mol. The second kappa shape index (κ2) is 9.63. The first kappa shape index (κ1) is 21.1. The fourth-order valence-corrected chi connectivity index (χ4v) is 3.98. The van der Waals surface area contributed by atoms with E-state index in [0.717, 1.165) is 22.5 Å². The highest BCUT2D eigenvalue weighted by Gasteiger charge is 2.24. The molecule has 0 aliphatic rings. The Labute approximate surface area is 169 Å². The van der Waals surface area contributed by atoms with Gasteiger partial charge in [-0.2, -0.15) is 0 Å². The topological polar surface area (TPSA) is 111 Å². The number of methoxy groups -OCH3 is 1. The van der Waals surface area contributed by atoms with Gasteiger partial charge in [-0.25, -0.2) is 4.79 Å². The van der Waals surface area contributed by atoms with Crippen LogP contribution in [0.25, 0.3) is 0 Å². The van der Waals surface area contributed by atoms with Crippen molar-refractivity contribution in [2.75, 3.05) is 13.7 Å². The number of esters is 1. The number of halogens is 1. The van der Waals surface area contributed by atoms with E-state index >= 15 is 0 Å². The summed E-state index contributed by atoms with van der Waals surface area (Å²) in [6.07, 6.45) is 0. The summed E-state index contributed by atoms with van der Waals surface area (Å²) in [7, 11) is 1.22. The molecule has 2 aromatic rings. The lowest BCUT2D eigenvalue weighted by atomic mass is 10.1. The molecule has 0 spiro atoms. The van der Waals surface area contributed by atoms with Crippen LogP contribution in [0.1, 0.15) is 30.5 Å². The molecule has 7 nitrogen and oxygen atoms in total. The molecule has 0 unspecified atom stereocenters. The summed E-state index contributed by atoms with van der Waals surface area (Å²) >= 11 is 4.30. The summed E-state index contributed by atoms with van der Waals surface area (Å²) < 4.78 is 5.05. The summed E-state index contributed by atoms with van der Waals surface area (Å²) in [6, 6.07) is 8.45. The van der Waals surface area contributed by atoms with Gasteiger partial charge in [-0.05, 0) is 34.5 Å². The second-order valence-electron chi connectivity index (χ2n) is 5.74. The number of amides is 2. The minimum absolute atomic E-state index is 0.0920. The van der Waals surface area contributed by atoms with E-state index in [9.17, 15) is 14.4 Å². The molecule has 2 rings (SSSR count). The number of ether oxygens (including phenoxy) is 1. The van der Waals surface area contributed by atoms with Gasteiger partial charge < -0.3 is 21.1 Å². The van der Waals surface area contributed by atoms with E-state index in [-0.39, 0.29) is 17.3 Å². The zero-order valence-corrected chi connectivity index (χ0v) is 17.3. The van der Waals surface area contributed by atoms with Crippen molar-refractivity contribution in [2.24, 2.45) is 5.73 Å². The van der Waals surface area contributed by atoms with Gasteiger partial charge in [0.25, 0.3) is 11.8 Å². The Kier molecular flexibility index (Phi) is 7.52. The van der Waals surface area contributed by atoms with Crippen LogP contribution in [0.5, 0.6) is 0 Å². The van der Waals surface area contributed by atoms with Gasteiger partial charge in [-0.15, -0.1) is 11.3 Å². The van der Waals surface area contributed by atoms with Gasteiger partial charge in [0.1, 0.15) is 10.9 Å². The molecule has 0 radical (unpaired) electrons. The van der Waals surface area contributed by atoms with Crippen LogP contribution >= 0.6 is 27.3 Å². The molecule has 2 amide bonds. The van der Waals surface area contributed by atoms with Crippen LogP contribution in [-0.4, -0.2) is 37.5 Å². The van der Waals surface area contributed by atoms with E-state index < -0.39 is 17.9 Å². The number of carbonyl (C=O) groups is 3. The Balaban J connectivity index is 2.04. The number of nitrogens with two attached hydrogens (primary N) is 1. The van der Waals surface area contributed by atoms with E-state index in [2.05, 4.69) is 31.3 Å². The van der Waals surface area contributed by atoms with Crippen molar-refractivity contribution in [1.82, 2.24) is 10.6 Å². The van der Waals surface area contributed by atoms with Gasteiger partial charge >= 0.3 is 5.97 Å². The Bertz CT molecular complexity index is 853. The number of carbonyl (C=O) groups excluding carboxylic acids is 3. The summed E-state index contributed by atoms with van der Waals surface area (Å²) in [4.78, 5) is 37.0. The molecule has 27 heavy (non-hydrogen) atoms. The zero-order chi connectivity index (χ0) is 20.0. The normalized spacial score (nSPS) is 11.6. The van der Waals surface area contributed by atoms with Gasteiger partial charge in [0.15, 0.2) is 0 Å². The van der Waals surface area contributed by atoms with Crippen LogP contribution in [0.15, 0.2) is 34.8 Å². The number of benzene rings is 1. The van der Waals surface area contributed by atoms with E-state index in [4.69, 9.17) is 5.73 Å². The van der Waals surface area contributed by atoms with Gasteiger partial charge in [-0.3, -0.25) is 9.59 Å². The number of hydrogen-bond acceptors (Lipinski definition) is 6.